The van der Waals surface area contributed by atoms with Gasteiger partial charge in [-0.1, -0.05) is 18.2 Å². The van der Waals surface area contributed by atoms with Crippen molar-refractivity contribution in [1.29, 1.82) is 0 Å². The normalized spacial score (nSPS) is 20.0. The third-order valence-electron chi connectivity index (χ3n) is 4.70. The second-order valence-electron chi connectivity index (χ2n) is 6.32. The summed E-state index contributed by atoms with van der Waals surface area (Å²) in [6.07, 6.45) is 6.50. The predicted molar refractivity (Wildman–Crippen MR) is 88.9 cm³/mol. The molecule has 1 atom stereocenters. The van der Waals surface area contributed by atoms with E-state index >= 15 is 0 Å². The van der Waals surface area contributed by atoms with Crippen molar-refractivity contribution in [2.75, 3.05) is 18.0 Å². The second kappa shape index (κ2) is 5.65. The zero-order valence-electron chi connectivity index (χ0n) is 13.3. The first-order valence-electron chi connectivity index (χ1n) is 8.22. The standard InChI is InChI=1S/C18H20N4O/c1-13-10-14-6-2-3-7-16(14)22(13)18-19-11-15(12-20-18)17(23)21-8-4-5-9-21/h2-3,6-7,11-13H,4-5,8-10H2,1H3. The van der Waals surface area contributed by atoms with Crippen molar-refractivity contribution in [2.45, 2.75) is 32.2 Å². The monoisotopic (exact) mass is 308 g/mol. The van der Waals surface area contributed by atoms with Gasteiger partial charge in [0.15, 0.2) is 0 Å². The van der Waals surface area contributed by atoms with Crippen LogP contribution in [0.2, 0.25) is 0 Å². The Labute approximate surface area is 136 Å². The molecule has 23 heavy (non-hydrogen) atoms. The zero-order chi connectivity index (χ0) is 15.8. The van der Waals surface area contributed by atoms with Gasteiger partial charge in [-0.05, 0) is 37.8 Å². The van der Waals surface area contributed by atoms with E-state index in [0.29, 0.717) is 17.6 Å². The van der Waals surface area contributed by atoms with E-state index in [1.54, 1.807) is 12.4 Å². The van der Waals surface area contributed by atoms with Gasteiger partial charge in [0.2, 0.25) is 5.95 Å². The van der Waals surface area contributed by atoms with Gasteiger partial charge in [0.25, 0.3) is 5.91 Å². The van der Waals surface area contributed by atoms with Gasteiger partial charge in [-0.3, -0.25) is 4.79 Å². The summed E-state index contributed by atoms with van der Waals surface area (Å²) < 4.78 is 0. The van der Waals surface area contributed by atoms with E-state index in [4.69, 9.17) is 0 Å². The number of benzene rings is 1. The lowest BCUT2D eigenvalue weighted by molar-refractivity contribution is 0.0792. The lowest BCUT2D eigenvalue weighted by atomic mass is 10.1. The highest BCUT2D eigenvalue weighted by Crippen LogP contribution is 2.36. The Morgan fingerprint density at radius 1 is 1.13 bits per heavy atom. The molecule has 1 aromatic heterocycles. The number of likely N-dealkylation sites (tertiary alicyclic amines) is 1. The van der Waals surface area contributed by atoms with Crippen LogP contribution in [0.15, 0.2) is 36.7 Å². The van der Waals surface area contributed by atoms with Crippen molar-refractivity contribution in [3.8, 4) is 0 Å². The van der Waals surface area contributed by atoms with E-state index in [2.05, 4.69) is 40.0 Å². The molecule has 4 rings (SSSR count). The molecule has 2 aliphatic heterocycles. The van der Waals surface area contributed by atoms with E-state index < -0.39 is 0 Å². The average molecular weight is 308 g/mol. The maximum Gasteiger partial charge on any atom is 0.256 e. The van der Waals surface area contributed by atoms with Crippen molar-refractivity contribution in [3.63, 3.8) is 0 Å². The summed E-state index contributed by atoms with van der Waals surface area (Å²) in [4.78, 5) is 25.3. The Kier molecular flexibility index (Phi) is 3.48. The fourth-order valence-corrected chi connectivity index (χ4v) is 3.53. The lowest BCUT2D eigenvalue weighted by Gasteiger charge is -2.22. The van der Waals surface area contributed by atoms with E-state index in [9.17, 15) is 4.79 Å². The number of para-hydroxylation sites is 1. The van der Waals surface area contributed by atoms with Crippen LogP contribution in [0, 0.1) is 0 Å². The first kappa shape index (κ1) is 14.2. The SMILES string of the molecule is CC1Cc2ccccc2N1c1ncc(C(=O)N2CCCC2)cn1. The number of hydrogen-bond donors (Lipinski definition) is 0. The third-order valence-corrected chi connectivity index (χ3v) is 4.70. The Hall–Kier alpha value is -2.43. The number of hydrogen-bond acceptors (Lipinski definition) is 4. The van der Waals surface area contributed by atoms with Crippen molar-refractivity contribution in [2.24, 2.45) is 0 Å². The van der Waals surface area contributed by atoms with Crippen LogP contribution in [0.4, 0.5) is 11.6 Å². The Bertz CT molecular complexity index is 722. The summed E-state index contributed by atoms with van der Waals surface area (Å²) in [6, 6.07) is 8.68. The van der Waals surface area contributed by atoms with Gasteiger partial charge in [-0.25, -0.2) is 9.97 Å². The molecule has 3 heterocycles. The first-order chi connectivity index (χ1) is 11.2. The Morgan fingerprint density at radius 2 is 1.83 bits per heavy atom. The summed E-state index contributed by atoms with van der Waals surface area (Å²) in [5.74, 6) is 0.712. The van der Waals surface area contributed by atoms with Crippen LogP contribution < -0.4 is 4.90 Å². The van der Waals surface area contributed by atoms with Crippen molar-refractivity contribution in [1.82, 2.24) is 14.9 Å². The molecule has 2 aromatic rings. The molecule has 1 fully saturated rings. The van der Waals surface area contributed by atoms with Crippen molar-refractivity contribution >= 4 is 17.5 Å². The topological polar surface area (TPSA) is 49.3 Å². The van der Waals surface area contributed by atoms with E-state index in [1.807, 2.05) is 11.0 Å². The van der Waals surface area contributed by atoms with Crippen molar-refractivity contribution in [3.05, 3.63) is 47.8 Å². The minimum Gasteiger partial charge on any atom is -0.339 e. The van der Waals surface area contributed by atoms with Crippen LogP contribution in [0.1, 0.15) is 35.7 Å². The molecule has 2 aliphatic rings. The minimum absolute atomic E-state index is 0.0453. The maximum absolute atomic E-state index is 12.4. The first-order valence-corrected chi connectivity index (χ1v) is 8.22. The molecule has 1 unspecified atom stereocenters. The van der Waals surface area contributed by atoms with Gasteiger partial charge >= 0.3 is 0 Å². The van der Waals surface area contributed by atoms with Crippen LogP contribution in [0.3, 0.4) is 0 Å². The molecule has 1 saturated heterocycles. The third kappa shape index (κ3) is 2.46. The number of carbonyl (C=O) groups excluding carboxylic acids is 1. The summed E-state index contributed by atoms with van der Waals surface area (Å²) in [5.41, 5.74) is 3.07. The minimum atomic E-state index is 0.0453. The molecule has 0 N–H and O–H groups in total. The van der Waals surface area contributed by atoms with E-state index in [1.165, 1.54) is 11.3 Å². The van der Waals surface area contributed by atoms with Gasteiger partial charge in [0.05, 0.1) is 5.56 Å². The van der Waals surface area contributed by atoms with Gasteiger partial charge in [0.1, 0.15) is 0 Å². The number of amides is 1. The van der Waals surface area contributed by atoms with Gasteiger partial charge in [0, 0.05) is 37.2 Å². The predicted octanol–water partition coefficient (Wildman–Crippen LogP) is 2.80. The van der Waals surface area contributed by atoms with Crippen LogP contribution >= 0.6 is 0 Å². The molecule has 0 radical (unpaired) electrons. The van der Waals surface area contributed by atoms with Crippen LogP contribution in [0.5, 0.6) is 0 Å². The average Bonchev–Trinajstić information content (AvgIpc) is 3.21. The molecule has 118 valence electrons. The van der Waals surface area contributed by atoms with Crippen molar-refractivity contribution < 1.29 is 4.79 Å². The number of nitrogens with zero attached hydrogens (tertiary/aromatic N) is 4. The molecule has 5 nitrogen and oxygen atoms in total. The molecule has 1 aromatic carbocycles. The van der Waals surface area contributed by atoms with E-state index in [-0.39, 0.29) is 5.91 Å². The van der Waals surface area contributed by atoms with Crippen LogP contribution in [-0.4, -0.2) is 39.9 Å². The molecular weight excluding hydrogens is 288 g/mol. The molecule has 5 heteroatoms. The molecule has 1 amide bonds. The number of rotatable bonds is 2. The fourth-order valence-electron chi connectivity index (χ4n) is 3.53. The van der Waals surface area contributed by atoms with E-state index in [0.717, 1.165) is 32.4 Å². The quantitative estimate of drug-likeness (QED) is 0.856. The number of carbonyl (C=O) groups is 1. The number of anilines is 2. The summed E-state index contributed by atoms with van der Waals surface area (Å²) >= 11 is 0. The fraction of sp³-hybridized carbons (Fsp3) is 0.389. The highest BCUT2D eigenvalue weighted by Gasteiger charge is 2.29. The largest absolute Gasteiger partial charge is 0.339 e. The second-order valence-corrected chi connectivity index (χ2v) is 6.32. The summed E-state index contributed by atoms with van der Waals surface area (Å²) in [6.45, 7) is 3.86. The molecule has 0 aliphatic carbocycles. The molecule has 0 bridgehead atoms. The smallest absolute Gasteiger partial charge is 0.256 e. The molecular formula is C18H20N4O. The summed E-state index contributed by atoms with van der Waals surface area (Å²) in [7, 11) is 0. The van der Waals surface area contributed by atoms with Gasteiger partial charge in [-0.15, -0.1) is 0 Å². The van der Waals surface area contributed by atoms with Crippen LogP contribution in [0.25, 0.3) is 0 Å². The maximum atomic E-state index is 12.4. The Morgan fingerprint density at radius 3 is 2.57 bits per heavy atom. The summed E-state index contributed by atoms with van der Waals surface area (Å²) in [5, 5.41) is 0. The number of aromatic nitrogens is 2. The van der Waals surface area contributed by atoms with Gasteiger partial charge < -0.3 is 9.80 Å². The zero-order valence-corrected chi connectivity index (χ0v) is 13.3. The highest BCUT2D eigenvalue weighted by molar-refractivity contribution is 5.93. The van der Waals surface area contributed by atoms with Crippen LogP contribution in [-0.2, 0) is 6.42 Å². The highest BCUT2D eigenvalue weighted by atomic mass is 16.2. The lowest BCUT2D eigenvalue weighted by Crippen LogP contribution is -2.29. The molecule has 0 spiro atoms. The Balaban J connectivity index is 1.60. The van der Waals surface area contributed by atoms with Gasteiger partial charge in [-0.2, -0.15) is 0 Å². The number of fused-ring (bicyclic) bond motifs is 1. The molecule has 0 saturated carbocycles.